The first-order valence-electron chi connectivity index (χ1n) is 6.55. The van der Waals surface area contributed by atoms with E-state index in [0.29, 0.717) is 0 Å². The molecule has 0 unspecified atom stereocenters. The van der Waals surface area contributed by atoms with E-state index in [0.717, 1.165) is 38.8 Å². The van der Waals surface area contributed by atoms with Gasteiger partial charge in [-0.05, 0) is 19.3 Å². The zero-order valence-electron chi connectivity index (χ0n) is 11.3. The van der Waals surface area contributed by atoms with Crippen LogP contribution in [0.25, 0.3) is 0 Å². The fourth-order valence-electron chi connectivity index (χ4n) is 4.14. The monoisotopic (exact) mass is 319 g/mol. The van der Waals surface area contributed by atoms with Crippen LogP contribution in [0.5, 0.6) is 0 Å². The molecule has 2 heterocycles. The zero-order chi connectivity index (χ0) is 12.4. The summed E-state index contributed by atoms with van der Waals surface area (Å²) in [5.74, 6) is -0.0316. The normalized spacial score (nSPS) is 32.6. The molecule has 20 heavy (non-hydrogen) atoms. The first-order chi connectivity index (χ1) is 8.69. The number of nitrogens with zero attached hydrogens (tertiary/aromatic N) is 1. The molecule has 2 N–H and O–H groups in total. The lowest BCUT2D eigenvalue weighted by atomic mass is 9.34. The number of fused-ring (bicyclic) bond motifs is 1. The van der Waals surface area contributed by atoms with Gasteiger partial charge in [0.1, 0.15) is 0 Å². The Hall–Kier alpha value is -0.780. The van der Waals surface area contributed by atoms with Crippen molar-refractivity contribution in [3.63, 3.8) is 0 Å². The largest absolute Gasteiger partial charge is 0.469 e. The number of rotatable bonds is 2. The summed E-state index contributed by atoms with van der Waals surface area (Å²) >= 11 is 0. The van der Waals surface area contributed by atoms with Gasteiger partial charge < -0.3 is 10.1 Å². The van der Waals surface area contributed by atoms with Crippen molar-refractivity contribution in [2.45, 2.75) is 37.6 Å². The highest BCUT2D eigenvalue weighted by atomic mass is 35.5. The predicted molar refractivity (Wildman–Crippen MR) is 78.5 cm³/mol. The number of hydrogen-bond acceptors (Lipinski definition) is 4. The molecule has 1 aliphatic heterocycles. The molecule has 0 spiro atoms. The second-order valence-corrected chi connectivity index (χ2v) is 6.03. The fourth-order valence-corrected chi connectivity index (χ4v) is 4.14. The van der Waals surface area contributed by atoms with Crippen molar-refractivity contribution in [3.8, 4) is 0 Å². The minimum Gasteiger partial charge on any atom is -0.469 e. The Morgan fingerprint density at radius 3 is 2.65 bits per heavy atom. The van der Waals surface area contributed by atoms with Crippen molar-refractivity contribution in [3.05, 3.63) is 17.0 Å². The standard InChI is InChI=1S/C13H17N3O2.2ClH/c1-18-11(17)13-5-12(6-13,7-13)10-8-4-14-3-2-9(8)15-16-10;;/h14H,2-7H2,1H3,(H,15,16);2*1H. The van der Waals surface area contributed by atoms with Crippen LogP contribution in [0.15, 0.2) is 0 Å². The van der Waals surface area contributed by atoms with Gasteiger partial charge in [0, 0.05) is 36.2 Å². The van der Waals surface area contributed by atoms with Crippen LogP contribution in [-0.4, -0.2) is 29.8 Å². The predicted octanol–water partition coefficient (Wildman–Crippen LogP) is 1.49. The fraction of sp³-hybridized carbons (Fsp3) is 0.692. The van der Waals surface area contributed by atoms with Crippen LogP contribution < -0.4 is 5.32 Å². The van der Waals surface area contributed by atoms with Crippen molar-refractivity contribution in [1.82, 2.24) is 15.5 Å². The summed E-state index contributed by atoms with van der Waals surface area (Å²) in [6.45, 7) is 1.92. The molecular weight excluding hydrogens is 301 g/mol. The van der Waals surface area contributed by atoms with Crippen molar-refractivity contribution >= 4 is 30.8 Å². The van der Waals surface area contributed by atoms with E-state index in [2.05, 4.69) is 15.5 Å². The minimum atomic E-state index is -0.172. The smallest absolute Gasteiger partial charge is 0.311 e. The summed E-state index contributed by atoms with van der Waals surface area (Å²) < 4.78 is 4.89. The minimum absolute atomic E-state index is 0. The van der Waals surface area contributed by atoms with Crippen LogP contribution in [0.3, 0.4) is 0 Å². The average Bonchev–Trinajstić information content (AvgIpc) is 2.70. The Morgan fingerprint density at radius 1 is 1.30 bits per heavy atom. The first-order valence-corrected chi connectivity index (χ1v) is 6.55. The Balaban J connectivity index is 0.000000735. The second-order valence-electron chi connectivity index (χ2n) is 6.03. The van der Waals surface area contributed by atoms with Gasteiger partial charge in [-0.2, -0.15) is 5.10 Å². The molecule has 7 heteroatoms. The van der Waals surface area contributed by atoms with E-state index in [1.165, 1.54) is 24.1 Å². The van der Waals surface area contributed by atoms with Crippen molar-refractivity contribution in [2.75, 3.05) is 13.7 Å². The van der Waals surface area contributed by atoms with Crippen molar-refractivity contribution in [2.24, 2.45) is 5.41 Å². The van der Waals surface area contributed by atoms with Crippen LogP contribution in [0, 0.1) is 5.41 Å². The number of aromatic nitrogens is 2. The van der Waals surface area contributed by atoms with Crippen LogP contribution in [-0.2, 0) is 27.9 Å². The molecule has 2 bridgehead atoms. The van der Waals surface area contributed by atoms with Gasteiger partial charge in [-0.3, -0.25) is 9.89 Å². The van der Waals surface area contributed by atoms with Gasteiger partial charge in [-0.1, -0.05) is 0 Å². The summed E-state index contributed by atoms with van der Waals surface area (Å²) in [6.07, 6.45) is 3.80. The number of esters is 1. The quantitative estimate of drug-likeness (QED) is 0.811. The summed E-state index contributed by atoms with van der Waals surface area (Å²) in [5, 5.41) is 11.1. The highest BCUT2D eigenvalue weighted by molar-refractivity contribution is 5.85. The van der Waals surface area contributed by atoms with Gasteiger partial charge in [0.2, 0.25) is 0 Å². The molecule has 3 saturated carbocycles. The number of nitrogens with one attached hydrogen (secondary N) is 2. The number of carbonyl (C=O) groups excluding carboxylic acids is 1. The van der Waals surface area contributed by atoms with Gasteiger partial charge in [0.05, 0.1) is 18.2 Å². The van der Waals surface area contributed by atoms with Gasteiger partial charge in [-0.25, -0.2) is 0 Å². The Labute approximate surface area is 130 Å². The Morgan fingerprint density at radius 2 is 2.00 bits per heavy atom. The Bertz CT molecular complexity index is 524. The number of ether oxygens (including phenoxy) is 1. The van der Waals surface area contributed by atoms with Gasteiger partial charge in [0.25, 0.3) is 0 Å². The van der Waals surface area contributed by atoms with Crippen LogP contribution in [0.1, 0.15) is 36.2 Å². The maximum Gasteiger partial charge on any atom is 0.311 e. The lowest BCUT2D eigenvalue weighted by Gasteiger charge is -2.68. The molecule has 1 aromatic rings. The van der Waals surface area contributed by atoms with E-state index < -0.39 is 0 Å². The van der Waals surface area contributed by atoms with E-state index in [1.807, 2.05) is 0 Å². The molecule has 0 amide bonds. The highest BCUT2D eigenvalue weighted by Crippen LogP contribution is 2.74. The van der Waals surface area contributed by atoms with Crippen LogP contribution in [0.4, 0.5) is 0 Å². The van der Waals surface area contributed by atoms with Crippen molar-refractivity contribution in [1.29, 1.82) is 0 Å². The molecule has 3 aliphatic carbocycles. The molecule has 4 aliphatic rings. The topological polar surface area (TPSA) is 67.0 Å². The van der Waals surface area contributed by atoms with E-state index in [9.17, 15) is 4.79 Å². The maximum atomic E-state index is 11.7. The third-order valence-corrected chi connectivity index (χ3v) is 4.97. The molecule has 0 radical (unpaired) electrons. The molecule has 0 aromatic carbocycles. The molecular formula is C13H19Cl2N3O2. The number of aromatic amines is 1. The summed E-state index contributed by atoms with van der Waals surface area (Å²) in [4.78, 5) is 11.7. The SMILES string of the molecule is COC(=O)C12CC(c3[nH]nc4c3CNCC4)(C1)C2.Cl.Cl. The van der Waals surface area contributed by atoms with Gasteiger partial charge in [0.15, 0.2) is 0 Å². The molecule has 3 fully saturated rings. The average molecular weight is 320 g/mol. The molecule has 0 atom stereocenters. The third kappa shape index (κ3) is 1.73. The van der Waals surface area contributed by atoms with Gasteiger partial charge in [-0.15, -0.1) is 24.8 Å². The molecule has 0 saturated heterocycles. The van der Waals surface area contributed by atoms with E-state index in [-0.39, 0.29) is 41.6 Å². The zero-order valence-corrected chi connectivity index (χ0v) is 13.0. The highest BCUT2D eigenvalue weighted by Gasteiger charge is 2.73. The van der Waals surface area contributed by atoms with Gasteiger partial charge >= 0.3 is 5.97 Å². The lowest BCUT2D eigenvalue weighted by Crippen LogP contribution is -2.68. The van der Waals surface area contributed by atoms with E-state index in [4.69, 9.17) is 4.74 Å². The number of hydrogen-bond donors (Lipinski definition) is 2. The molecule has 1 aromatic heterocycles. The Kier molecular flexibility index (Phi) is 3.82. The van der Waals surface area contributed by atoms with Crippen LogP contribution >= 0.6 is 24.8 Å². The number of halogens is 2. The second kappa shape index (κ2) is 4.90. The lowest BCUT2D eigenvalue weighted by molar-refractivity contribution is -0.198. The van der Waals surface area contributed by atoms with E-state index in [1.54, 1.807) is 0 Å². The first kappa shape index (κ1) is 15.6. The third-order valence-electron chi connectivity index (χ3n) is 4.97. The number of carbonyl (C=O) groups is 1. The van der Waals surface area contributed by atoms with Crippen molar-refractivity contribution < 1.29 is 9.53 Å². The molecule has 5 rings (SSSR count). The van der Waals surface area contributed by atoms with Crippen LogP contribution in [0.2, 0.25) is 0 Å². The van der Waals surface area contributed by atoms with E-state index >= 15 is 0 Å². The molecule has 5 nitrogen and oxygen atoms in total. The number of methoxy groups -OCH3 is 1. The summed E-state index contributed by atoms with van der Waals surface area (Å²) in [5.41, 5.74) is 3.85. The summed E-state index contributed by atoms with van der Waals surface area (Å²) in [7, 11) is 1.48. The number of H-pyrrole nitrogens is 1. The maximum absolute atomic E-state index is 11.7. The molecule has 112 valence electrons. The summed E-state index contributed by atoms with van der Waals surface area (Å²) in [6, 6.07) is 0.